The van der Waals surface area contributed by atoms with Gasteiger partial charge in [0, 0.05) is 31.9 Å². The maximum Gasteiger partial charge on any atom is 0.243 e. The fourth-order valence-corrected chi connectivity index (χ4v) is 4.53. The number of hydrogen-bond donors (Lipinski definition) is 4. The number of ether oxygens (including phenoxy) is 1. The molecule has 0 spiro atoms. The van der Waals surface area contributed by atoms with Crippen molar-refractivity contribution < 1.29 is 18.3 Å². The zero-order valence-electron chi connectivity index (χ0n) is 24.1. The normalized spacial score (nSPS) is 16.0. The van der Waals surface area contributed by atoms with Crippen LogP contribution in [0.25, 0.3) is 11.0 Å². The largest absolute Gasteiger partial charge is 0.457 e. The molecule has 224 valence electrons. The van der Waals surface area contributed by atoms with E-state index in [1.54, 1.807) is 48.2 Å². The zero-order valence-corrected chi connectivity index (χ0v) is 24.1. The fraction of sp³-hybridized carbons (Fsp3) is 0.267. The highest BCUT2D eigenvalue weighted by atomic mass is 19.1. The second kappa shape index (κ2) is 14.1. The van der Waals surface area contributed by atoms with Crippen molar-refractivity contribution in [1.82, 2.24) is 20.3 Å². The van der Waals surface area contributed by atoms with E-state index in [-0.39, 0.29) is 12.2 Å². The van der Waals surface area contributed by atoms with Crippen LogP contribution in [-0.2, 0) is 4.79 Å². The maximum absolute atomic E-state index is 15.4. The molecule has 2 aromatic carbocycles. The summed E-state index contributed by atoms with van der Waals surface area (Å²) in [5, 5.41) is 11.5. The van der Waals surface area contributed by atoms with Gasteiger partial charge in [0.15, 0.2) is 11.6 Å². The molecular formula is C30H33F2N9O2. The number of amides is 1. The van der Waals surface area contributed by atoms with Crippen LogP contribution in [0.3, 0.4) is 0 Å². The Balaban J connectivity index is 0.00000135. The first kappa shape index (κ1) is 30.8. The van der Waals surface area contributed by atoms with Gasteiger partial charge in [0.1, 0.15) is 35.3 Å². The molecule has 11 nitrogen and oxygen atoms in total. The third kappa shape index (κ3) is 7.36. The number of anilines is 4. The SMILES string of the molecule is C=CC(=O)NC1CCN(c2ccc3ncnc(Nc4ccc(Oc5ccc(NC)cc5)c(C)c4F)c3n2)CC1F.CN=N. The zero-order chi connectivity index (χ0) is 30.9. The molecule has 1 aliphatic heterocycles. The topological polar surface area (TPSA) is 141 Å². The van der Waals surface area contributed by atoms with E-state index in [4.69, 9.17) is 10.3 Å². The van der Waals surface area contributed by atoms with E-state index in [0.29, 0.717) is 52.7 Å². The van der Waals surface area contributed by atoms with Gasteiger partial charge in [-0.1, -0.05) is 6.58 Å². The smallest absolute Gasteiger partial charge is 0.243 e. The van der Waals surface area contributed by atoms with E-state index < -0.39 is 23.9 Å². The van der Waals surface area contributed by atoms with Crippen LogP contribution in [0.2, 0.25) is 0 Å². The molecule has 0 saturated carbocycles. The summed E-state index contributed by atoms with van der Waals surface area (Å²) < 4.78 is 36.2. The summed E-state index contributed by atoms with van der Waals surface area (Å²) in [6, 6.07) is 13.5. The number of alkyl halides is 1. The van der Waals surface area contributed by atoms with Crippen LogP contribution in [0.4, 0.5) is 31.8 Å². The average Bonchev–Trinajstić information content (AvgIpc) is 3.02. The highest BCUT2D eigenvalue weighted by molar-refractivity contribution is 5.88. The van der Waals surface area contributed by atoms with Crippen molar-refractivity contribution in [3.8, 4) is 11.5 Å². The van der Waals surface area contributed by atoms with Gasteiger partial charge in [-0.05, 0) is 68.0 Å². The summed E-state index contributed by atoms with van der Waals surface area (Å²) in [6.07, 6.45) is 1.63. The summed E-state index contributed by atoms with van der Waals surface area (Å²) in [5.41, 5.74) is 8.27. The molecule has 0 radical (unpaired) electrons. The molecule has 0 aliphatic carbocycles. The molecule has 13 heteroatoms. The minimum absolute atomic E-state index is 0.0595. The standard InChI is InChI=1S/C29H29F2N7O2.CH4N2/c1-4-26(39)35-21-13-14-38(15-20(21)30)25-12-10-23-28(37-25)29(34-16-33-23)36-22-9-11-24(17(2)27(22)31)40-19-7-5-18(32-3)6-8-19;1-3-2/h4-12,16,20-21,32H,1,13-15H2,2-3H3,(H,35,39)(H,33,34,36);2H,1H3. The van der Waals surface area contributed by atoms with E-state index in [2.05, 4.69) is 42.6 Å². The molecule has 3 heterocycles. The number of carbonyl (C=O) groups excluding carboxylic acids is 1. The van der Waals surface area contributed by atoms with Crippen LogP contribution in [-0.4, -0.2) is 60.3 Å². The molecular weight excluding hydrogens is 556 g/mol. The Labute approximate surface area is 247 Å². The molecule has 2 aromatic heterocycles. The molecule has 43 heavy (non-hydrogen) atoms. The number of aromatic nitrogens is 3. The lowest BCUT2D eigenvalue weighted by atomic mass is 10.0. The van der Waals surface area contributed by atoms with E-state index in [9.17, 15) is 9.18 Å². The Morgan fingerprint density at radius 1 is 1.19 bits per heavy atom. The lowest BCUT2D eigenvalue weighted by Crippen LogP contribution is -2.52. The van der Waals surface area contributed by atoms with Gasteiger partial charge >= 0.3 is 0 Å². The summed E-state index contributed by atoms with van der Waals surface area (Å²) in [5.74, 6) is 0.932. The second-order valence-electron chi connectivity index (χ2n) is 9.60. The molecule has 0 bridgehead atoms. The number of benzene rings is 2. The number of carbonyl (C=O) groups is 1. The maximum atomic E-state index is 15.4. The summed E-state index contributed by atoms with van der Waals surface area (Å²) in [6.45, 7) is 5.60. The Hall–Kier alpha value is -5.20. The minimum Gasteiger partial charge on any atom is -0.457 e. The Kier molecular flexibility index (Phi) is 10.1. The minimum atomic E-state index is -1.28. The highest BCUT2D eigenvalue weighted by Crippen LogP contribution is 2.33. The molecule has 1 fully saturated rings. The molecule has 2 atom stereocenters. The van der Waals surface area contributed by atoms with Crippen LogP contribution in [0.1, 0.15) is 12.0 Å². The molecule has 1 saturated heterocycles. The van der Waals surface area contributed by atoms with Crippen molar-refractivity contribution >= 4 is 40.0 Å². The number of pyridine rings is 1. The number of rotatable bonds is 8. The second-order valence-corrected chi connectivity index (χ2v) is 9.60. The highest BCUT2D eigenvalue weighted by Gasteiger charge is 2.30. The molecule has 2 unspecified atom stereocenters. The number of halogens is 2. The van der Waals surface area contributed by atoms with Gasteiger partial charge in [-0.25, -0.2) is 34.4 Å². The third-order valence-electron chi connectivity index (χ3n) is 6.81. The monoisotopic (exact) mass is 589 g/mol. The quantitative estimate of drug-likeness (QED) is 0.147. The van der Waals surface area contributed by atoms with Crippen molar-refractivity contribution in [2.75, 3.05) is 42.7 Å². The molecule has 5 rings (SSSR count). The summed E-state index contributed by atoms with van der Waals surface area (Å²) >= 11 is 0. The third-order valence-corrected chi connectivity index (χ3v) is 6.81. The van der Waals surface area contributed by atoms with E-state index >= 15 is 4.39 Å². The van der Waals surface area contributed by atoms with Crippen LogP contribution < -0.4 is 25.6 Å². The van der Waals surface area contributed by atoms with Gasteiger partial charge in [0.25, 0.3) is 0 Å². The van der Waals surface area contributed by atoms with Crippen molar-refractivity contribution in [3.63, 3.8) is 0 Å². The van der Waals surface area contributed by atoms with E-state index in [1.807, 2.05) is 19.2 Å². The van der Waals surface area contributed by atoms with Gasteiger partial charge in [0.05, 0.1) is 23.8 Å². The number of hydrogen-bond acceptors (Lipinski definition) is 10. The molecule has 4 N–H and O–H groups in total. The van der Waals surface area contributed by atoms with Crippen molar-refractivity contribution in [1.29, 1.82) is 5.53 Å². The van der Waals surface area contributed by atoms with Crippen molar-refractivity contribution in [3.05, 3.63) is 78.9 Å². The van der Waals surface area contributed by atoms with Crippen LogP contribution in [0.5, 0.6) is 11.5 Å². The van der Waals surface area contributed by atoms with E-state index in [1.165, 1.54) is 13.4 Å². The van der Waals surface area contributed by atoms with Crippen molar-refractivity contribution in [2.45, 2.75) is 25.6 Å². The Bertz CT molecular complexity index is 1600. The van der Waals surface area contributed by atoms with Crippen LogP contribution in [0, 0.1) is 18.3 Å². The number of nitrogens with zero attached hydrogens (tertiary/aromatic N) is 5. The Morgan fingerprint density at radius 3 is 2.60 bits per heavy atom. The van der Waals surface area contributed by atoms with Gasteiger partial charge in [-0.2, -0.15) is 0 Å². The Morgan fingerprint density at radius 2 is 1.93 bits per heavy atom. The lowest BCUT2D eigenvalue weighted by molar-refractivity contribution is -0.117. The fourth-order valence-electron chi connectivity index (χ4n) is 4.53. The number of fused-ring (bicyclic) bond motifs is 1. The first-order valence-corrected chi connectivity index (χ1v) is 13.5. The molecule has 1 aliphatic rings. The van der Waals surface area contributed by atoms with Crippen LogP contribution in [0.15, 0.2) is 72.6 Å². The lowest BCUT2D eigenvalue weighted by Gasteiger charge is -2.35. The van der Waals surface area contributed by atoms with Crippen molar-refractivity contribution in [2.24, 2.45) is 5.11 Å². The predicted molar refractivity (Wildman–Crippen MR) is 163 cm³/mol. The molecule has 1 amide bonds. The first-order chi connectivity index (χ1) is 20.8. The van der Waals surface area contributed by atoms with Gasteiger partial charge in [-0.15, -0.1) is 0 Å². The summed E-state index contributed by atoms with van der Waals surface area (Å²) in [7, 11) is 3.24. The average molecular weight is 590 g/mol. The first-order valence-electron chi connectivity index (χ1n) is 13.5. The molecule has 4 aromatic rings. The predicted octanol–water partition coefficient (Wildman–Crippen LogP) is 5.92. The number of nitrogens with one attached hydrogen (secondary N) is 4. The van der Waals surface area contributed by atoms with Crippen LogP contribution >= 0.6 is 0 Å². The van der Waals surface area contributed by atoms with E-state index in [0.717, 1.165) is 11.8 Å². The summed E-state index contributed by atoms with van der Waals surface area (Å²) in [4.78, 5) is 26.7. The van der Waals surface area contributed by atoms with Gasteiger partial charge in [0.2, 0.25) is 5.91 Å². The number of piperidine rings is 1. The van der Waals surface area contributed by atoms with Gasteiger partial charge < -0.3 is 25.6 Å². The van der Waals surface area contributed by atoms with Gasteiger partial charge in [-0.3, -0.25) is 4.79 Å².